The summed E-state index contributed by atoms with van der Waals surface area (Å²) in [5.41, 5.74) is 3.42. The molecule has 2 amide bonds. The van der Waals surface area contributed by atoms with Gasteiger partial charge >= 0.3 is 6.03 Å². The molecule has 0 aliphatic carbocycles. The second-order valence-corrected chi connectivity index (χ2v) is 4.89. The molecule has 0 bridgehead atoms. The minimum atomic E-state index is -0.510. The average molecular weight is 284 g/mol. The molecule has 0 saturated carbocycles. The van der Waals surface area contributed by atoms with Gasteiger partial charge in [0.2, 0.25) is 0 Å². The van der Waals surface area contributed by atoms with Gasteiger partial charge in [-0.2, -0.15) is 0 Å². The van der Waals surface area contributed by atoms with E-state index in [1.54, 1.807) is 31.2 Å². The van der Waals surface area contributed by atoms with Crippen molar-refractivity contribution < 1.29 is 9.90 Å². The number of carbonyl (C=O) groups is 1. The Balaban J connectivity index is 2.01. The number of urea groups is 1. The minimum absolute atomic E-state index is 0.277. The Hall–Kier alpha value is -2.33. The Bertz CT molecular complexity index is 606. The number of aliphatic hydroxyl groups excluding tert-OH is 1. The molecule has 0 radical (unpaired) electrons. The van der Waals surface area contributed by atoms with Crippen molar-refractivity contribution in [2.24, 2.45) is 0 Å². The predicted molar refractivity (Wildman–Crippen MR) is 85.5 cm³/mol. The molecule has 21 heavy (non-hydrogen) atoms. The molecule has 3 N–H and O–H groups in total. The van der Waals surface area contributed by atoms with E-state index in [9.17, 15) is 9.90 Å². The van der Waals surface area contributed by atoms with E-state index in [1.165, 1.54) is 0 Å². The first-order valence-electron chi connectivity index (χ1n) is 7.04. The molecule has 0 aromatic heterocycles. The monoisotopic (exact) mass is 284 g/mol. The van der Waals surface area contributed by atoms with Crippen LogP contribution in [0.4, 0.5) is 16.2 Å². The standard InChI is InChI=1S/C17H20N2O2/c1-3-13-6-4-5-7-16(13)19-17(21)18-15-10-8-14(9-11-15)12(2)20/h4-12,20H,3H2,1-2H3,(H2,18,19,21). The van der Waals surface area contributed by atoms with Gasteiger partial charge in [0.1, 0.15) is 0 Å². The van der Waals surface area contributed by atoms with Crippen LogP contribution in [-0.4, -0.2) is 11.1 Å². The van der Waals surface area contributed by atoms with Gasteiger partial charge in [0.25, 0.3) is 0 Å². The first-order valence-corrected chi connectivity index (χ1v) is 7.04. The molecule has 0 heterocycles. The number of amides is 2. The van der Waals surface area contributed by atoms with Crippen molar-refractivity contribution in [3.8, 4) is 0 Å². The normalized spacial score (nSPS) is 11.8. The number of nitrogens with one attached hydrogen (secondary N) is 2. The maximum absolute atomic E-state index is 12.0. The van der Waals surface area contributed by atoms with Crippen LogP contribution in [0.15, 0.2) is 48.5 Å². The third-order valence-electron chi connectivity index (χ3n) is 3.30. The lowest BCUT2D eigenvalue weighted by Gasteiger charge is -2.11. The maximum Gasteiger partial charge on any atom is 0.323 e. The van der Waals surface area contributed by atoms with E-state index in [4.69, 9.17) is 0 Å². The number of aryl methyl sites for hydroxylation is 1. The fourth-order valence-corrected chi connectivity index (χ4v) is 2.08. The van der Waals surface area contributed by atoms with Crippen molar-refractivity contribution in [1.29, 1.82) is 0 Å². The lowest BCUT2D eigenvalue weighted by Crippen LogP contribution is -2.20. The van der Waals surface area contributed by atoms with E-state index in [1.807, 2.05) is 31.2 Å². The topological polar surface area (TPSA) is 61.4 Å². The molecule has 2 aromatic rings. The number of benzene rings is 2. The van der Waals surface area contributed by atoms with Gasteiger partial charge in [-0.15, -0.1) is 0 Å². The maximum atomic E-state index is 12.0. The SMILES string of the molecule is CCc1ccccc1NC(=O)Nc1ccc(C(C)O)cc1. The number of hydrogen-bond donors (Lipinski definition) is 3. The van der Waals surface area contributed by atoms with E-state index < -0.39 is 6.10 Å². The number of carbonyl (C=O) groups excluding carboxylic acids is 1. The molecule has 2 rings (SSSR count). The van der Waals surface area contributed by atoms with Crippen molar-refractivity contribution in [3.05, 3.63) is 59.7 Å². The van der Waals surface area contributed by atoms with E-state index >= 15 is 0 Å². The number of aliphatic hydroxyl groups is 1. The molecule has 1 atom stereocenters. The fourth-order valence-electron chi connectivity index (χ4n) is 2.08. The lowest BCUT2D eigenvalue weighted by molar-refractivity contribution is 0.199. The number of para-hydroxylation sites is 1. The van der Waals surface area contributed by atoms with Crippen LogP contribution in [0.5, 0.6) is 0 Å². The molecule has 4 heteroatoms. The molecule has 0 spiro atoms. The van der Waals surface area contributed by atoms with E-state index in [2.05, 4.69) is 10.6 Å². The smallest absolute Gasteiger partial charge is 0.323 e. The van der Waals surface area contributed by atoms with Gasteiger partial charge in [0.15, 0.2) is 0 Å². The summed E-state index contributed by atoms with van der Waals surface area (Å²) in [5.74, 6) is 0. The first kappa shape index (κ1) is 15.1. The van der Waals surface area contributed by atoms with Crippen LogP contribution in [0, 0.1) is 0 Å². The summed E-state index contributed by atoms with van der Waals surface area (Å²) in [5, 5.41) is 15.1. The summed E-state index contributed by atoms with van der Waals surface area (Å²) in [6.45, 7) is 3.75. The molecular weight excluding hydrogens is 264 g/mol. The van der Waals surface area contributed by atoms with Crippen LogP contribution in [0.2, 0.25) is 0 Å². The number of rotatable bonds is 4. The second-order valence-electron chi connectivity index (χ2n) is 4.89. The zero-order valence-corrected chi connectivity index (χ0v) is 12.3. The predicted octanol–water partition coefficient (Wildman–Crippen LogP) is 3.95. The van der Waals surface area contributed by atoms with Gasteiger partial charge < -0.3 is 15.7 Å². The average Bonchev–Trinajstić information content (AvgIpc) is 2.48. The number of anilines is 2. The van der Waals surface area contributed by atoms with Gasteiger partial charge in [0, 0.05) is 11.4 Å². The number of hydrogen-bond acceptors (Lipinski definition) is 2. The molecular formula is C17H20N2O2. The lowest BCUT2D eigenvalue weighted by atomic mass is 10.1. The van der Waals surface area contributed by atoms with Crippen LogP contribution < -0.4 is 10.6 Å². The fraction of sp³-hybridized carbons (Fsp3) is 0.235. The molecule has 1 unspecified atom stereocenters. The zero-order valence-electron chi connectivity index (χ0n) is 12.3. The molecule has 4 nitrogen and oxygen atoms in total. The summed E-state index contributed by atoms with van der Waals surface area (Å²) in [4.78, 5) is 12.0. The van der Waals surface area contributed by atoms with Crippen molar-refractivity contribution in [3.63, 3.8) is 0 Å². The van der Waals surface area contributed by atoms with Crippen LogP contribution in [0.25, 0.3) is 0 Å². The zero-order chi connectivity index (χ0) is 15.2. The Kier molecular flexibility index (Phi) is 4.95. The van der Waals surface area contributed by atoms with Crippen LogP contribution >= 0.6 is 0 Å². The molecule has 2 aromatic carbocycles. The highest BCUT2D eigenvalue weighted by atomic mass is 16.3. The molecule has 0 aliphatic rings. The summed E-state index contributed by atoms with van der Waals surface area (Å²) < 4.78 is 0. The van der Waals surface area contributed by atoms with Crippen LogP contribution in [0.1, 0.15) is 31.1 Å². The molecule has 0 fully saturated rings. The Morgan fingerprint density at radius 2 is 1.76 bits per heavy atom. The summed E-state index contributed by atoms with van der Waals surface area (Å²) >= 11 is 0. The molecule has 0 saturated heterocycles. The van der Waals surface area contributed by atoms with E-state index in [0.717, 1.165) is 23.2 Å². The first-order chi connectivity index (χ1) is 10.1. The van der Waals surface area contributed by atoms with Crippen molar-refractivity contribution in [1.82, 2.24) is 0 Å². The van der Waals surface area contributed by atoms with Crippen molar-refractivity contribution >= 4 is 17.4 Å². The van der Waals surface area contributed by atoms with Crippen LogP contribution in [0.3, 0.4) is 0 Å². The second kappa shape index (κ2) is 6.90. The third kappa shape index (κ3) is 4.07. The highest BCUT2D eigenvalue weighted by Gasteiger charge is 2.06. The van der Waals surface area contributed by atoms with Gasteiger partial charge in [-0.25, -0.2) is 4.79 Å². The van der Waals surface area contributed by atoms with Gasteiger partial charge in [0.05, 0.1) is 6.10 Å². The highest BCUT2D eigenvalue weighted by Crippen LogP contribution is 2.18. The van der Waals surface area contributed by atoms with Crippen molar-refractivity contribution in [2.45, 2.75) is 26.4 Å². The minimum Gasteiger partial charge on any atom is -0.389 e. The summed E-state index contributed by atoms with van der Waals surface area (Å²) in [7, 11) is 0. The van der Waals surface area contributed by atoms with E-state index in [-0.39, 0.29) is 6.03 Å². The van der Waals surface area contributed by atoms with Gasteiger partial charge in [-0.05, 0) is 42.7 Å². The quantitative estimate of drug-likeness (QED) is 0.796. The Labute approximate surface area is 124 Å². The van der Waals surface area contributed by atoms with E-state index in [0.29, 0.717) is 5.69 Å². The third-order valence-corrected chi connectivity index (χ3v) is 3.30. The van der Waals surface area contributed by atoms with Crippen molar-refractivity contribution in [2.75, 3.05) is 10.6 Å². The molecule has 0 aliphatic heterocycles. The Morgan fingerprint density at radius 3 is 2.38 bits per heavy atom. The summed E-state index contributed by atoms with van der Waals surface area (Å²) in [6, 6.07) is 14.6. The van der Waals surface area contributed by atoms with Crippen LogP contribution in [-0.2, 0) is 6.42 Å². The summed E-state index contributed by atoms with van der Waals surface area (Å²) in [6.07, 6.45) is 0.351. The molecule has 110 valence electrons. The van der Waals surface area contributed by atoms with Gasteiger partial charge in [-0.3, -0.25) is 0 Å². The largest absolute Gasteiger partial charge is 0.389 e. The highest BCUT2D eigenvalue weighted by molar-refractivity contribution is 6.00. The van der Waals surface area contributed by atoms with Gasteiger partial charge in [-0.1, -0.05) is 37.3 Å². The Morgan fingerprint density at radius 1 is 1.10 bits per heavy atom.